The van der Waals surface area contributed by atoms with E-state index in [9.17, 15) is 18.3 Å². The molecule has 2 heterocycles. The number of nitrogens with zero attached hydrogens (tertiary/aromatic N) is 3. The molecule has 0 bridgehead atoms. The second-order valence-electron chi connectivity index (χ2n) is 9.89. The fourth-order valence-corrected chi connectivity index (χ4v) is 5.40. The Labute approximate surface area is 211 Å². The number of rotatable bonds is 8. The van der Waals surface area contributed by atoms with Crippen LogP contribution >= 0.6 is 0 Å². The van der Waals surface area contributed by atoms with Crippen LogP contribution in [0.5, 0.6) is 5.75 Å². The van der Waals surface area contributed by atoms with E-state index in [1.165, 1.54) is 30.5 Å². The molecule has 5 nitrogen and oxygen atoms in total. The van der Waals surface area contributed by atoms with Crippen LogP contribution in [-0.2, 0) is 6.18 Å². The van der Waals surface area contributed by atoms with E-state index in [1.807, 2.05) is 17.0 Å². The highest BCUT2D eigenvalue weighted by molar-refractivity contribution is 5.55. The predicted octanol–water partition coefficient (Wildman–Crippen LogP) is 5.92. The van der Waals surface area contributed by atoms with E-state index in [2.05, 4.69) is 24.0 Å². The molecule has 2 saturated heterocycles. The van der Waals surface area contributed by atoms with Crippen molar-refractivity contribution in [3.05, 3.63) is 59.2 Å². The molecule has 194 valence electrons. The van der Waals surface area contributed by atoms with Crippen molar-refractivity contribution in [2.24, 2.45) is 0 Å². The molecule has 4 rings (SSSR count). The molecule has 0 saturated carbocycles. The molecule has 2 aliphatic rings. The molecule has 0 amide bonds. The zero-order valence-corrected chi connectivity index (χ0v) is 20.7. The smallest absolute Gasteiger partial charge is 0.417 e. The minimum atomic E-state index is -4.58. The van der Waals surface area contributed by atoms with Crippen molar-refractivity contribution in [3.63, 3.8) is 0 Å². The van der Waals surface area contributed by atoms with Crippen LogP contribution in [0.3, 0.4) is 0 Å². The first kappa shape index (κ1) is 26.3. The van der Waals surface area contributed by atoms with Crippen molar-refractivity contribution < 1.29 is 23.0 Å². The molecule has 0 radical (unpaired) electrons. The lowest BCUT2D eigenvalue weighted by molar-refractivity contribution is -0.137. The van der Waals surface area contributed by atoms with Crippen LogP contribution in [-0.4, -0.2) is 48.4 Å². The second kappa shape index (κ2) is 11.1. The fraction of sp³-hybridized carbons (Fsp3) is 0.536. The van der Waals surface area contributed by atoms with Crippen molar-refractivity contribution in [2.45, 2.75) is 63.3 Å². The Kier molecular flexibility index (Phi) is 8.11. The van der Waals surface area contributed by atoms with E-state index < -0.39 is 17.3 Å². The third-order valence-electron chi connectivity index (χ3n) is 7.56. The zero-order chi connectivity index (χ0) is 25.8. The van der Waals surface area contributed by atoms with Gasteiger partial charge in [0.05, 0.1) is 29.4 Å². The second-order valence-corrected chi connectivity index (χ2v) is 9.89. The summed E-state index contributed by atoms with van der Waals surface area (Å²) in [6, 6.07) is 14.1. The lowest BCUT2D eigenvalue weighted by atomic mass is 9.88. The molecule has 0 aromatic heterocycles. The lowest BCUT2D eigenvalue weighted by Crippen LogP contribution is -2.45. The van der Waals surface area contributed by atoms with Crippen LogP contribution in [0.4, 0.5) is 18.9 Å². The van der Waals surface area contributed by atoms with Gasteiger partial charge in [-0.3, -0.25) is 4.90 Å². The van der Waals surface area contributed by atoms with Gasteiger partial charge >= 0.3 is 6.18 Å². The van der Waals surface area contributed by atoms with Crippen LogP contribution in [0.1, 0.15) is 68.2 Å². The Morgan fingerprint density at radius 3 is 2.31 bits per heavy atom. The molecular weight excluding hydrogens is 467 g/mol. The maximum absolute atomic E-state index is 13.3. The largest absolute Gasteiger partial charge is 0.493 e. The highest BCUT2D eigenvalue weighted by atomic mass is 19.4. The van der Waals surface area contributed by atoms with Gasteiger partial charge in [-0.15, -0.1) is 0 Å². The fourth-order valence-electron chi connectivity index (χ4n) is 5.40. The van der Waals surface area contributed by atoms with E-state index in [1.54, 1.807) is 6.07 Å². The highest BCUT2D eigenvalue weighted by Gasteiger charge is 2.36. The summed E-state index contributed by atoms with van der Waals surface area (Å²) in [4.78, 5) is 4.37. The highest BCUT2D eigenvalue weighted by Crippen LogP contribution is 2.36. The molecule has 2 aromatic rings. The average molecular weight is 502 g/mol. The first-order valence-electron chi connectivity index (χ1n) is 12.8. The third-order valence-corrected chi connectivity index (χ3v) is 7.56. The number of piperidine rings is 1. The molecule has 0 unspecified atom stereocenters. The topological polar surface area (TPSA) is 59.7 Å². The lowest BCUT2D eigenvalue weighted by Gasteiger charge is -2.39. The van der Waals surface area contributed by atoms with Gasteiger partial charge in [0.1, 0.15) is 5.75 Å². The van der Waals surface area contributed by atoms with Gasteiger partial charge in [-0.05, 0) is 81.1 Å². The zero-order valence-electron chi connectivity index (χ0n) is 20.7. The van der Waals surface area contributed by atoms with E-state index in [0.29, 0.717) is 50.7 Å². The number of nitriles is 1. The number of ether oxygens (including phenoxy) is 1. The number of alkyl halides is 3. The third kappa shape index (κ3) is 6.13. The first-order chi connectivity index (χ1) is 17.2. The Bertz CT molecular complexity index is 1050. The number of benzene rings is 2. The Morgan fingerprint density at radius 2 is 1.72 bits per heavy atom. The monoisotopic (exact) mass is 501 g/mol. The number of likely N-dealkylation sites (tertiary alicyclic amines) is 1. The predicted molar refractivity (Wildman–Crippen MR) is 133 cm³/mol. The van der Waals surface area contributed by atoms with Gasteiger partial charge in [-0.1, -0.05) is 19.1 Å². The van der Waals surface area contributed by atoms with Crippen LogP contribution in [0.2, 0.25) is 0 Å². The van der Waals surface area contributed by atoms with Crippen molar-refractivity contribution >= 4 is 5.69 Å². The van der Waals surface area contributed by atoms with Gasteiger partial charge in [-0.2, -0.15) is 18.4 Å². The van der Waals surface area contributed by atoms with Crippen LogP contribution < -0.4 is 9.64 Å². The summed E-state index contributed by atoms with van der Waals surface area (Å²) >= 11 is 0. The Morgan fingerprint density at radius 1 is 1.06 bits per heavy atom. The molecule has 2 aliphatic heterocycles. The number of anilines is 1. The number of hydrogen-bond acceptors (Lipinski definition) is 5. The summed E-state index contributed by atoms with van der Waals surface area (Å²) in [7, 11) is 0. The average Bonchev–Trinajstić information content (AvgIpc) is 3.39. The van der Waals surface area contributed by atoms with Crippen LogP contribution in [0, 0.1) is 11.3 Å². The molecule has 8 heteroatoms. The summed E-state index contributed by atoms with van der Waals surface area (Å²) in [5.41, 5.74) is -0.508. The Balaban J connectivity index is 1.28. The Hall–Kier alpha value is -2.76. The number of halogens is 3. The summed E-state index contributed by atoms with van der Waals surface area (Å²) in [5, 5.41) is 20.0. The molecule has 2 aromatic carbocycles. The molecule has 1 atom stereocenters. The number of aliphatic hydroxyl groups is 1. The van der Waals surface area contributed by atoms with Gasteiger partial charge in [0.2, 0.25) is 0 Å². The van der Waals surface area contributed by atoms with Gasteiger partial charge in [0.15, 0.2) is 0 Å². The van der Waals surface area contributed by atoms with Crippen molar-refractivity contribution in [1.29, 1.82) is 5.26 Å². The maximum atomic E-state index is 13.3. The minimum Gasteiger partial charge on any atom is -0.493 e. The first-order valence-corrected chi connectivity index (χ1v) is 12.8. The molecular formula is C28H34F3N3O2. The quantitative estimate of drug-likeness (QED) is 0.486. The van der Waals surface area contributed by atoms with Gasteiger partial charge in [-0.25, -0.2) is 0 Å². The van der Waals surface area contributed by atoms with Crippen molar-refractivity contribution in [2.75, 3.05) is 37.7 Å². The van der Waals surface area contributed by atoms with Gasteiger partial charge in [0, 0.05) is 31.2 Å². The minimum absolute atomic E-state index is 0.369. The summed E-state index contributed by atoms with van der Waals surface area (Å²) < 4.78 is 45.8. The SMILES string of the molecule is CC[C@@H](c1ccc(OCCC2(O)CCN(c3ccc(C#N)c(C(F)(F)F)c3)CC2)cc1)N1CCCC1. The normalized spacial score (nSPS) is 19.2. The molecule has 1 N–H and O–H groups in total. The van der Waals surface area contributed by atoms with E-state index in [4.69, 9.17) is 10.00 Å². The standard InChI is InChI=1S/C28H34F3N3O2/c1-2-26(34-14-3-4-15-34)21-6-9-24(10-7-21)36-18-13-27(35)11-16-33(17-12-27)23-8-5-22(20-32)25(19-23)28(29,30)31/h5-10,19,26,35H,2-4,11-18H2,1H3/t26-/m0/s1. The van der Waals surface area contributed by atoms with E-state index in [-0.39, 0.29) is 5.56 Å². The summed E-state index contributed by atoms with van der Waals surface area (Å²) in [6.45, 7) is 5.76. The van der Waals surface area contributed by atoms with Crippen molar-refractivity contribution in [3.8, 4) is 11.8 Å². The van der Waals surface area contributed by atoms with Gasteiger partial charge in [0.25, 0.3) is 0 Å². The van der Waals surface area contributed by atoms with Crippen molar-refractivity contribution in [1.82, 2.24) is 4.90 Å². The van der Waals surface area contributed by atoms with Crippen LogP contribution in [0.25, 0.3) is 0 Å². The summed E-state index contributed by atoms with van der Waals surface area (Å²) in [6.07, 6.45) is 0.342. The molecule has 2 fully saturated rings. The number of hydrogen-bond donors (Lipinski definition) is 1. The van der Waals surface area contributed by atoms with E-state index >= 15 is 0 Å². The van der Waals surface area contributed by atoms with E-state index in [0.717, 1.165) is 31.3 Å². The van der Waals surface area contributed by atoms with Gasteiger partial charge < -0.3 is 14.7 Å². The van der Waals surface area contributed by atoms with Crippen LogP contribution in [0.15, 0.2) is 42.5 Å². The molecule has 36 heavy (non-hydrogen) atoms. The summed E-state index contributed by atoms with van der Waals surface area (Å²) in [5.74, 6) is 0.772. The maximum Gasteiger partial charge on any atom is 0.417 e. The molecule has 0 aliphatic carbocycles. The molecule has 0 spiro atoms.